The second-order valence-corrected chi connectivity index (χ2v) is 2.81. The number of rotatable bonds is 2. The van der Waals surface area contributed by atoms with Gasteiger partial charge in [-0.3, -0.25) is 0 Å². The number of nitrogens with two attached hydrogens (primary N) is 1. The Morgan fingerprint density at radius 1 is 1.14 bits per heavy atom. The molecule has 4 heteroatoms. The molecular weight excluding hydrogens is 176 g/mol. The van der Waals surface area contributed by atoms with Crippen molar-refractivity contribution in [3.8, 4) is 0 Å². The Balaban J connectivity index is 2.24. The number of hydrogen-bond acceptors (Lipinski definition) is 4. The predicted molar refractivity (Wildman–Crippen MR) is 56.2 cm³/mol. The van der Waals surface area contributed by atoms with Crippen LogP contribution in [0.25, 0.3) is 0 Å². The summed E-state index contributed by atoms with van der Waals surface area (Å²) in [7, 11) is 0. The summed E-state index contributed by atoms with van der Waals surface area (Å²) >= 11 is 0. The lowest BCUT2D eigenvalue weighted by molar-refractivity contribution is 1.17. The van der Waals surface area contributed by atoms with Gasteiger partial charge in [-0.05, 0) is 18.2 Å². The van der Waals surface area contributed by atoms with Crippen molar-refractivity contribution in [2.24, 2.45) is 0 Å². The van der Waals surface area contributed by atoms with Gasteiger partial charge in [0.05, 0.1) is 11.4 Å². The molecule has 2 aromatic rings. The second kappa shape index (κ2) is 3.74. The summed E-state index contributed by atoms with van der Waals surface area (Å²) in [6.45, 7) is 0. The van der Waals surface area contributed by atoms with Crippen LogP contribution < -0.4 is 11.1 Å². The first-order valence-electron chi connectivity index (χ1n) is 4.24. The van der Waals surface area contributed by atoms with Crippen molar-refractivity contribution in [2.45, 2.75) is 0 Å². The fourth-order valence-corrected chi connectivity index (χ4v) is 1.11. The van der Waals surface area contributed by atoms with Crippen molar-refractivity contribution < 1.29 is 0 Å². The largest absolute Gasteiger partial charge is 0.397 e. The maximum Gasteiger partial charge on any atom is 0.133 e. The Morgan fingerprint density at radius 2 is 2.00 bits per heavy atom. The highest BCUT2D eigenvalue weighted by Gasteiger charge is 1.97. The molecule has 0 amide bonds. The highest BCUT2D eigenvalue weighted by molar-refractivity contribution is 5.70. The summed E-state index contributed by atoms with van der Waals surface area (Å²) in [5.74, 6) is 0.734. The Hall–Kier alpha value is -2.10. The lowest BCUT2D eigenvalue weighted by atomic mass is 10.3. The smallest absolute Gasteiger partial charge is 0.133 e. The molecule has 0 bridgehead atoms. The summed E-state index contributed by atoms with van der Waals surface area (Å²) in [4.78, 5) is 7.86. The summed E-state index contributed by atoms with van der Waals surface area (Å²) in [5, 5.41) is 3.10. The summed E-state index contributed by atoms with van der Waals surface area (Å²) in [6, 6.07) is 9.33. The fraction of sp³-hybridized carbons (Fsp3) is 0. The molecule has 0 fully saturated rings. The number of hydrogen-bond donors (Lipinski definition) is 2. The van der Waals surface area contributed by atoms with Crippen LogP contribution in [-0.2, 0) is 0 Å². The number of para-hydroxylation sites is 2. The van der Waals surface area contributed by atoms with E-state index in [0.29, 0.717) is 5.69 Å². The molecule has 0 aliphatic rings. The Labute approximate surface area is 81.8 Å². The van der Waals surface area contributed by atoms with Crippen molar-refractivity contribution in [3.05, 3.63) is 42.9 Å². The molecule has 4 nitrogen and oxygen atoms in total. The van der Waals surface area contributed by atoms with Crippen molar-refractivity contribution in [1.82, 2.24) is 9.97 Å². The Morgan fingerprint density at radius 3 is 2.71 bits per heavy atom. The van der Waals surface area contributed by atoms with Crippen LogP contribution in [0.3, 0.4) is 0 Å². The van der Waals surface area contributed by atoms with Gasteiger partial charge in [-0.15, -0.1) is 0 Å². The number of aromatic nitrogens is 2. The molecule has 0 saturated heterocycles. The first-order chi connectivity index (χ1) is 6.86. The van der Waals surface area contributed by atoms with E-state index in [4.69, 9.17) is 5.73 Å². The maximum absolute atomic E-state index is 5.76. The SMILES string of the molecule is Nc1ccccc1Nc1ccncn1. The third-order valence-corrected chi connectivity index (χ3v) is 1.81. The van der Waals surface area contributed by atoms with E-state index in [1.807, 2.05) is 24.3 Å². The molecule has 3 N–H and O–H groups in total. The quantitative estimate of drug-likeness (QED) is 0.702. The predicted octanol–water partition coefficient (Wildman–Crippen LogP) is 1.80. The molecule has 0 aliphatic heterocycles. The first-order valence-corrected chi connectivity index (χ1v) is 4.24. The van der Waals surface area contributed by atoms with E-state index in [0.717, 1.165) is 11.5 Å². The summed E-state index contributed by atoms with van der Waals surface area (Å²) in [6.07, 6.45) is 3.16. The third kappa shape index (κ3) is 1.80. The van der Waals surface area contributed by atoms with Gasteiger partial charge in [0.1, 0.15) is 12.1 Å². The van der Waals surface area contributed by atoms with Gasteiger partial charge in [0.15, 0.2) is 0 Å². The minimum atomic E-state index is 0.700. The number of anilines is 3. The zero-order valence-electron chi connectivity index (χ0n) is 7.51. The molecule has 0 saturated carbocycles. The standard InChI is InChI=1S/C10H10N4/c11-8-3-1-2-4-9(8)14-10-5-6-12-7-13-10/h1-7H,11H2,(H,12,13,14). The molecule has 0 atom stereocenters. The topological polar surface area (TPSA) is 63.8 Å². The molecule has 2 rings (SSSR count). The lowest BCUT2D eigenvalue weighted by Gasteiger charge is -2.06. The van der Waals surface area contributed by atoms with Crippen molar-refractivity contribution in [3.63, 3.8) is 0 Å². The minimum Gasteiger partial charge on any atom is -0.397 e. The molecule has 0 radical (unpaired) electrons. The third-order valence-electron chi connectivity index (χ3n) is 1.81. The van der Waals surface area contributed by atoms with Gasteiger partial charge in [0, 0.05) is 6.20 Å². The van der Waals surface area contributed by atoms with Gasteiger partial charge in [-0.25, -0.2) is 9.97 Å². The molecule has 14 heavy (non-hydrogen) atoms. The number of nitrogens with one attached hydrogen (secondary N) is 1. The molecule has 0 spiro atoms. The first kappa shape index (κ1) is 8.50. The maximum atomic E-state index is 5.76. The molecule has 1 aromatic carbocycles. The van der Waals surface area contributed by atoms with Crippen LogP contribution in [0, 0.1) is 0 Å². The van der Waals surface area contributed by atoms with E-state index < -0.39 is 0 Å². The molecule has 1 heterocycles. The van der Waals surface area contributed by atoms with E-state index in [1.165, 1.54) is 6.33 Å². The Kier molecular flexibility index (Phi) is 2.27. The van der Waals surface area contributed by atoms with Crippen LogP contribution in [0.15, 0.2) is 42.9 Å². The van der Waals surface area contributed by atoms with Crippen LogP contribution in [-0.4, -0.2) is 9.97 Å². The van der Waals surface area contributed by atoms with Crippen LogP contribution in [0.5, 0.6) is 0 Å². The van der Waals surface area contributed by atoms with Gasteiger partial charge >= 0.3 is 0 Å². The normalized spacial score (nSPS) is 9.71. The van der Waals surface area contributed by atoms with Crippen LogP contribution >= 0.6 is 0 Å². The highest BCUT2D eigenvalue weighted by Crippen LogP contribution is 2.20. The lowest BCUT2D eigenvalue weighted by Crippen LogP contribution is -1.97. The van der Waals surface area contributed by atoms with Gasteiger partial charge in [-0.2, -0.15) is 0 Å². The number of nitrogens with zero attached hydrogens (tertiary/aromatic N) is 2. The average molecular weight is 186 g/mol. The van der Waals surface area contributed by atoms with E-state index in [2.05, 4.69) is 15.3 Å². The Bertz CT molecular complexity index is 413. The summed E-state index contributed by atoms with van der Waals surface area (Å²) in [5.41, 5.74) is 7.32. The van der Waals surface area contributed by atoms with Crippen molar-refractivity contribution >= 4 is 17.2 Å². The van der Waals surface area contributed by atoms with Crippen LogP contribution in [0.2, 0.25) is 0 Å². The molecule has 0 unspecified atom stereocenters. The number of benzene rings is 1. The van der Waals surface area contributed by atoms with Crippen molar-refractivity contribution in [1.29, 1.82) is 0 Å². The monoisotopic (exact) mass is 186 g/mol. The molecule has 1 aromatic heterocycles. The molecule has 0 aliphatic carbocycles. The van der Waals surface area contributed by atoms with E-state index >= 15 is 0 Å². The van der Waals surface area contributed by atoms with E-state index in [9.17, 15) is 0 Å². The zero-order valence-corrected chi connectivity index (χ0v) is 7.51. The van der Waals surface area contributed by atoms with Crippen LogP contribution in [0.1, 0.15) is 0 Å². The van der Waals surface area contributed by atoms with Gasteiger partial charge < -0.3 is 11.1 Å². The fourth-order valence-electron chi connectivity index (χ4n) is 1.11. The molecular formula is C10H10N4. The van der Waals surface area contributed by atoms with Gasteiger partial charge in [0.2, 0.25) is 0 Å². The van der Waals surface area contributed by atoms with Gasteiger partial charge in [0.25, 0.3) is 0 Å². The van der Waals surface area contributed by atoms with Crippen LogP contribution in [0.4, 0.5) is 17.2 Å². The van der Waals surface area contributed by atoms with E-state index in [-0.39, 0.29) is 0 Å². The highest BCUT2D eigenvalue weighted by atomic mass is 15.0. The van der Waals surface area contributed by atoms with Crippen molar-refractivity contribution in [2.75, 3.05) is 11.1 Å². The second-order valence-electron chi connectivity index (χ2n) is 2.81. The van der Waals surface area contributed by atoms with E-state index in [1.54, 1.807) is 12.3 Å². The summed E-state index contributed by atoms with van der Waals surface area (Å²) < 4.78 is 0. The minimum absolute atomic E-state index is 0.700. The zero-order chi connectivity index (χ0) is 9.80. The number of nitrogen functional groups attached to an aromatic ring is 1. The van der Waals surface area contributed by atoms with Gasteiger partial charge in [-0.1, -0.05) is 12.1 Å². The molecule has 70 valence electrons. The average Bonchev–Trinajstić information content (AvgIpc) is 2.23.